The van der Waals surface area contributed by atoms with Crippen molar-refractivity contribution in [2.24, 2.45) is 0 Å². The molecular formula is C9H17NO5S. The molecule has 94 valence electrons. The summed E-state index contributed by atoms with van der Waals surface area (Å²) in [6.07, 6.45) is -0.0542. The fourth-order valence-corrected chi connectivity index (χ4v) is 2.88. The number of hydrogen-bond acceptors (Lipinski definition) is 4. The number of amides is 1. The van der Waals surface area contributed by atoms with Crippen LogP contribution in [0.25, 0.3) is 0 Å². The molecule has 0 radical (unpaired) electrons. The van der Waals surface area contributed by atoms with Crippen molar-refractivity contribution in [2.75, 3.05) is 6.54 Å². The molecule has 0 aliphatic carbocycles. The molecule has 2 unspecified atom stereocenters. The first-order chi connectivity index (χ1) is 7.28. The Morgan fingerprint density at radius 3 is 2.12 bits per heavy atom. The van der Waals surface area contributed by atoms with E-state index in [1.807, 2.05) is 0 Å². The lowest BCUT2D eigenvalue weighted by atomic mass is 10.3. The summed E-state index contributed by atoms with van der Waals surface area (Å²) >= 11 is 0. The van der Waals surface area contributed by atoms with E-state index in [1.54, 1.807) is 6.92 Å². The number of hydrogen-bond donors (Lipinski definition) is 2. The smallest absolute Gasteiger partial charge is 0.321 e. The number of rotatable bonds is 6. The van der Waals surface area contributed by atoms with Crippen LogP contribution >= 0.6 is 0 Å². The highest BCUT2D eigenvalue weighted by molar-refractivity contribution is 7.94. The second-order valence-electron chi connectivity index (χ2n) is 3.36. The van der Waals surface area contributed by atoms with Gasteiger partial charge in [0.15, 0.2) is 15.1 Å². The van der Waals surface area contributed by atoms with E-state index in [0.29, 0.717) is 6.54 Å². The third kappa shape index (κ3) is 3.19. The van der Waals surface area contributed by atoms with E-state index >= 15 is 0 Å². The largest absolute Gasteiger partial charge is 0.480 e. The fourth-order valence-electron chi connectivity index (χ4n) is 1.26. The van der Waals surface area contributed by atoms with Gasteiger partial charge in [-0.25, -0.2) is 8.42 Å². The summed E-state index contributed by atoms with van der Waals surface area (Å²) in [7, 11) is -3.98. The molecule has 0 fully saturated rings. The molecule has 0 aliphatic heterocycles. The van der Waals surface area contributed by atoms with Crippen LogP contribution in [0.2, 0.25) is 0 Å². The van der Waals surface area contributed by atoms with Gasteiger partial charge in [-0.15, -0.1) is 0 Å². The summed E-state index contributed by atoms with van der Waals surface area (Å²) in [4.78, 5) is 22.1. The average Bonchev–Trinajstić information content (AvgIpc) is 2.16. The van der Waals surface area contributed by atoms with Gasteiger partial charge in [-0.3, -0.25) is 9.59 Å². The third-order valence-corrected chi connectivity index (χ3v) is 4.78. The number of carbonyl (C=O) groups is 2. The molecule has 0 aromatic heterocycles. The number of nitrogens with one attached hydrogen (secondary N) is 1. The van der Waals surface area contributed by atoms with Crippen molar-refractivity contribution in [3.8, 4) is 0 Å². The average molecular weight is 251 g/mol. The van der Waals surface area contributed by atoms with Crippen molar-refractivity contribution >= 4 is 21.7 Å². The highest BCUT2D eigenvalue weighted by Gasteiger charge is 2.38. The quantitative estimate of drug-likeness (QED) is 0.680. The summed E-state index contributed by atoms with van der Waals surface area (Å²) in [5.74, 6) is -2.08. The number of carbonyl (C=O) groups excluding carboxylic acids is 1. The Morgan fingerprint density at radius 2 is 1.81 bits per heavy atom. The lowest BCUT2D eigenvalue weighted by Gasteiger charge is -2.17. The van der Waals surface area contributed by atoms with Crippen LogP contribution in [0.1, 0.15) is 27.2 Å². The van der Waals surface area contributed by atoms with Crippen molar-refractivity contribution in [1.82, 2.24) is 5.32 Å². The van der Waals surface area contributed by atoms with E-state index in [9.17, 15) is 18.0 Å². The van der Waals surface area contributed by atoms with Crippen LogP contribution in [0.5, 0.6) is 0 Å². The molecular weight excluding hydrogens is 234 g/mol. The van der Waals surface area contributed by atoms with Crippen molar-refractivity contribution in [3.05, 3.63) is 0 Å². The molecule has 0 aromatic carbocycles. The van der Waals surface area contributed by atoms with Gasteiger partial charge in [0.05, 0.1) is 0 Å². The van der Waals surface area contributed by atoms with Crippen LogP contribution < -0.4 is 5.32 Å². The third-order valence-electron chi connectivity index (χ3n) is 2.26. The minimum Gasteiger partial charge on any atom is -0.480 e. The molecule has 2 atom stereocenters. The van der Waals surface area contributed by atoms with E-state index < -0.39 is 32.2 Å². The Labute approximate surface area is 95.0 Å². The van der Waals surface area contributed by atoms with Crippen molar-refractivity contribution in [2.45, 2.75) is 37.7 Å². The van der Waals surface area contributed by atoms with Crippen LogP contribution in [-0.4, -0.2) is 42.4 Å². The van der Waals surface area contributed by atoms with Gasteiger partial charge in [0, 0.05) is 6.54 Å². The molecule has 0 heterocycles. The van der Waals surface area contributed by atoms with Gasteiger partial charge in [0.2, 0.25) is 5.91 Å². The number of aliphatic carboxylic acids is 1. The van der Waals surface area contributed by atoms with Crippen LogP contribution in [0.3, 0.4) is 0 Å². The molecule has 0 saturated carbocycles. The van der Waals surface area contributed by atoms with Crippen molar-refractivity contribution in [1.29, 1.82) is 0 Å². The maximum atomic E-state index is 11.8. The summed E-state index contributed by atoms with van der Waals surface area (Å²) in [5, 5.41) is 8.25. The Morgan fingerprint density at radius 1 is 1.31 bits per heavy atom. The summed E-state index contributed by atoms with van der Waals surface area (Å²) in [6, 6.07) is 0. The topological polar surface area (TPSA) is 101 Å². The molecule has 0 aliphatic rings. The Bertz CT molecular complexity index is 362. The normalized spacial score (nSPS) is 15.2. The summed E-state index contributed by atoms with van der Waals surface area (Å²) in [5.41, 5.74) is 0. The van der Waals surface area contributed by atoms with E-state index in [0.717, 1.165) is 0 Å². The van der Waals surface area contributed by atoms with Crippen molar-refractivity contribution < 1.29 is 23.1 Å². The van der Waals surface area contributed by atoms with E-state index in [-0.39, 0.29) is 6.42 Å². The highest BCUT2D eigenvalue weighted by atomic mass is 32.2. The van der Waals surface area contributed by atoms with Gasteiger partial charge < -0.3 is 10.4 Å². The standard InChI is InChI=1S/C9H17NO5S/c1-4-7(9(12)13)16(14,15)6(3)8(11)10-5-2/h6-7H,4-5H2,1-3H3,(H,10,11)(H,12,13). The second kappa shape index (κ2) is 5.83. The Hall–Kier alpha value is -1.11. The predicted octanol–water partition coefficient (Wildman–Crippen LogP) is -0.211. The van der Waals surface area contributed by atoms with E-state index in [4.69, 9.17) is 5.11 Å². The molecule has 7 heteroatoms. The maximum absolute atomic E-state index is 11.8. The molecule has 0 saturated heterocycles. The van der Waals surface area contributed by atoms with Gasteiger partial charge in [-0.05, 0) is 20.3 Å². The molecule has 1 amide bonds. The summed E-state index contributed by atoms with van der Waals surface area (Å²) in [6.45, 7) is 4.63. The highest BCUT2D eigenvalue weighted by Crippen LogP contribution is 2.13. The number of carboxylic acids is 1. The zero-order chi connectivity index (χ0) is 12.9. The van der Waals surface area contributed by atoms with Crippen LogP contribution in [0.4, 0.5) is 0 Å². The SMILES string of the molecule is CCNC(=O)C(C)S(=O)(=O)C(CC)C(=O)O. The second-order valence-corrected chi connectivity index (χ2v) is 5.82. The Balaban J connectivity index is 5.04. The van der Waals surface area contributed by atoms with Crippen LogP contribution in [0, 0.1) is 0 Å². The Kier molecular flexibility index (Phi) is 5.43. The lowest BCUT2D eigenvalue weighted by molar-refractivity contribution is -0.136. The first-order valence-electron chi connectivity index (χ1n) is 5.02. The molecule has 6 nitrogen and oxygen atoms in total. The molecule has 0 bridgehead atoms. The molecule has 0 aromatic rings. The lowest BCUT2D eigenvalue weighted by Crippen LogP contribution is -2.44. The van der Waals surface area contributed by atoms with Gasteiger partial charge in [0.1, 0.15) is 5.25 Å². The zero-order valence-electron chi connectivity index (χ0n) is 9.56. The van der Waals surface area contributed by atoms with E-state index in [2.05, 4.69) is 5.32 Å². The monoisotopic (exact) mass is 251 g/mol. The fraction of sp³-hybridized carbons (Fsp3) is 0.778. The molecule has 0 spiro atoms. The molecule has 16 heavy (non-hydrogen) atoms. The van der Waals surface area contributed by atoms with Gasteiger partial charge >= 0.3 is 5.97 Å². The predicted molar refractivity (Wildman–Crippen MR) is 58.8 cm³/mol. The van der Waals surface area contributed by atoms with E-state index in [1.165, 1.54) is 13.8 Å². The number of carboxylic acid groups (broad SMARTS) is 1. The zero-order valence-corrected chi connectivity index (χ0v) is 10.4. The van der Waals surface area contributed by atoms with Gasteiger partial charge in [-0.1, -0.05) is 6.92 Å². The van der Waals surface area contributed by atoms with Crippen LogP contribution in [0.15, 0.2) is 0 Å². The molecule has 0 rings (SSSR count). The molecule has 2 N–H and O–H groups in total. The minimum atomic E-state index is -3.98. The van der Waals surface area contributed by atoms with Crippen LogP contribution in [-0.2, 0) is 19.4 Å². The maximum Gasteiger partial charge on any atom is 0.321 e. The van der Waals surface area contributed by atoms with Crippen molar-refractivity contribution in [3.63, 3.8) is 0 Å². The number of sulfone groups is 1. The first-order valence-corrected chi connectivity index (χ1v) is 6.63. The summed E-state index contributed by atoms with van der Waals surface area (Å²) < 4.78 is 23.6. The first kappa shape index (κ1) is 14.9. The van der Waals surface area contributed by atoms with Gasteiger partial charge in [-0.2, -0.15) is 0 Å². The minimum absolute atomic E-state index is 0.0542. The van der Waals surface area contributed by atoms with Gasteiger partial charge in [0.25, 0.3) is 0 Å².